The molecule has 1 unspecified atom stereocenters. The number of aliphatic hydroxyl groups is 1. The second-order valence-electron chi connectivity index (χ2n) is 11.0. The molecule has 2 nitrogen and oxygen atoms in total. The molecule has 2 aromatic rings. The molecule has 30 heavy (non-hydrogen) atoms. The summed E-state index contributed by atoms with van der Waals surface area (Å²) in [6.45, 7) is 16.2. The molecule has 0 spiro atoms. The number of benzene rings is 2. The first-order valence-electron chi connectivity index (χ1n) is 10.9. The molecule has 0 radical (unpaired) electrons. The smallest absolute Gasteiger partial charge is 0.140 e. The Morgan fingerprint density at radius 1 is 1.03 bits per heavy atom. The molecular formula is C28H36O2. The number of aliphatic hydroxyl groups excluding tert-OH is 1. The zero-order valence-electron chi connectivity index (χ0n) is 19.6. The monoisotopic (exact) mass is 404 g/mol. The minimum absolute atomic E-state index is 0.00983. The van der Waals surface area contributed by atoms with E-state index in [2.05, 4.69) is 84.7 Å². The van der Waals surface area contributed by atoms with E-state index in [0.29, 0.717) is 6.61 Å². The molecule has 0 heterocycles. The van der Waals surface area contributed by atoms with Crippen molar-refractivity contribution < 1.29 is 9.84 Å². The quantitative estimate of drug-likeness (QED) is 0.583. The average Bonchev–Trinajstić information content (AvgIpc) is 2.68. The van der Waals surface area contributed by atoms with Crippen molar-refractivity contribution in [3.63, 3.8) is 0 Å². The van der Waals surface area contributed by atoms with Crippen molar-refractivity contribution >= 4 is 0 Å². The molecule has 2 heteroatoms. The Hall–Kier alpha value is -2.24. The number of terminal acetylenes is 1. The summed E-state index contributed by atoms with van der Waals surface area (Å²) in [6, 6.07) is 12.7. The molecule has 1 atom stereocenters. The molecule has 0 saturated carbocycles. The van der Waals surface area contributed by atoms with Crippen LogP contribution in [-0.2, 0) is 22.9 Å². The summed E-state index contributed by atoms with van der Waals surface area (Å²) in [4.78, 5) is 0. The van der Waals surface area contributed by atoms with Crippen molar-refractivity contribution in [3.8, 4) is 18.1 Å². The van der Waals surface area contributed by atoms with Gasteiger partial charge in [0, 0.05) is 5.56 Å². The van der Waals surface area contributed by atoms with Crippen molar-refractivity contribution in [2.45, 2.75) is 90.3 Å². The highest BCUT2D eigenvalue weighted by Gasteiger charge is 2.40. The SMILES string of the molecule is C#CC(O)c1cc(OCc2ccc(C(C)(C)C)cc2)c2c(c1)C(C)(C)CCC2(C)C. The van der Waals surface area contributed by atoms with Crippen LogP contribution in [0.15, 0.2) is 36.4 Å². The molecule has 0 amide bonds. The van der Waals surface area contributed by atoms with Crippen LogP contribution < -0.4 is 4.74 Å². The van der Waals surface area contributed by atoms with Gasteiger partial charge in [-0.1, -0.05) is 84.7 Å². The number of fused-ring (bicyclic) bond motifs is 1. The summed E-state index contributed by atoms with van der Waals surface area (Å²) in [6.07, 6.45) is 6.79. The van der Waals surface area contributed by atoms with Gasteiger partial charge in [0.15, 0.2) is 0 Å². The summed E-state index contributed by atoms with van der Waals surface area (Å²) in [7, 11) is 0. The largest absolute Gasteiger partial charge is 0.489 e. The normalized spacial score (nSPS) is 18.2. The second kappa shape index (κ2) is 7.78. The van der Waals surface area contributed by atoms with Crippen LogP contribution in [0.1, 0.15) is 95.2 Å². The minimum atomic E-state index is -0.926. The lowest BCUT2D eigenvalue weighted by Gasteiger charge is -2.43. The van der Waals surface area contributed by atoms with E-state index in [9.17, 15) is 5.11 Å². The molecule has 160 valence electrons. The summed E-state index contributed by atoms with van der Waals surface area (Å²) in [5.74, 6) is 3.30. The van der Waals surface area contributed by atoms with Crippen LogP contribution in [0.4, 0.5) is 0 Å². The van der Waals surface area contributed by atoms with E-state index in [-0.39, 0.29) is 16.2 Å². The van der Waals surface area contributed by atoms with Gasteiger partial charge in [-0.05, 0) is 57.4 Å². The lowest BCUT2D eigenvalue weighted by atomic mass is 9.62. The van der Waals surface area contributed by atoms with Crippen LogP contribution in [0.2, 0.25) is 0 Å². The van der Waals surface area contributed by atoms with Gasteiger partial charge < -0.3 is 9.84 Å². The minimum Gasteiger partial charge on any atom is -0.489 e. The maximum atomic E-state index is 10.4. The first-order chi connectivity index (χ1) is 13.8. The van der Waals surface area contributed by atoms with Crippen LogP contribution in [0.5, 0.6) is 5.75 Å². The maximum absolute atomic E-state index is 10.4. The standard InChI is InChI=1S/C28H36O2/c1-9-23(29)20-16-22-25(28(7,8)15-14-27(22,5)6)24(17-20)30-18-19-10-12-21(13-11-19)26(2,3)4/h1,10-13,16-17,23,29H,14-15,18H2,2-8H3. The van der Waals surface area contributed by atoms with Crippen molar-refractivity contribution in [3.05, 3.63) is 64.2 Å². The van der Waals surface area contributed by atoms with Crippen LogP contribution in [0, 0.1) is 12.3 Å². The molecule has 0 bridgehead atoms. The highest BCUT2D eigenvalue weighted by Crippen LogP contribution is 2.50. The van der Waals surface area contributed by atoms with Crippen molar-refractivity contribution in [1.29, 1.82) is 0 Å². The third kappa shape index (κ3) is 4.42. The lowest BCUT2D eigenvalue weighted by Crippen LogP contribution is -2.34. The van der Waals surface area contributed by atoms with Gasteiger partial charge in [0.2, 0.25) is 0 Å². The fourth-order valence-electron chi connectivity index (χ4n) is 4.38. The molecule has 1 aliphatic rings. The Labute approximate surface area is 182 Å². The molecule has 1 aliphatic carbocycles. The van der Waals surface area contributed by atoms with Gasteiger partial charge in [0.25, 0.3) is 0 Å². The molecule has 0 saturated heterocycles. The van der Waals surface area contributed by atoms with E-state index in [1.54, 1.807) is 0 Å². The topological polar surface area (TPSA) is 29.5 Å². The fourth-order valence-corrected chi connectivity index (χ4v) is 4.38. The summed E-state index contributed by atoms with van der Waals surface area (Å²) in [5.41, 5.74) is 5.82. The van der Waals surface area contributed by atoms with Crippen molar-refractivity contribution in [2.24, 2.45) is 0 Å². The van der Waals surface area contributed by atoms with Gasteiger partial charge in [-0.15, -0.1) is 6.42 Å². The molecular weight excluding hydrogens is 368 g/mol. The average molecular weight is 405 g/mol. The van der Waals surface area contributed by atoms with Crippen LogP contribution >= 0.6 is 0 Å². The predicted molar refractivity (Wildman–Crippen MR) is 125 cm³/mol. The Bertz CT molecular complexity index is 950. The first-order valence-corrected chi connectivity index (χ1v) is 10.9. The van der Waals surface area contributed by atoms with Crippen LogP contribution in [0.25, 0.3) is 0 Å². The Balaban J connectivity index is 2.00. The third-order valence-electron chi connectivity index (χ3n) is 6.59. The fraction of sp³-hybridized carbons (Fsp3) is 0.500. The summed E-state index contributed by atoms with van der Waals surface area (Å²) >= 11 is 0. The predicted octanol–water partition coefficient (Wildman–Crippen LogP) is 6.58. The molecule has 0 fully saturated rings. The van der Waals surface area contributed by atoms with Crippen LogP contribution in [0.3, 0.4) is 0 Å². The molecule has 0 aliphatic heterocycles. The number of hydrogen-bond acceptors (Lipinski definition) is 2. The summed E-state index contributed by atoms with van der Waals surface area (Å²) in [5, 5.41) is 10.4. The number of ether oxygens (including phenoxy) is 1. The Kier molecular flexibility index (Phi) is 5.82. The molecule has 0 aromatic heterocycles. The summed E-state index contributed by atoms with van der Waals surface area (Å²) < 4.78 is 6.40. The maximum Gasteiger partial charge on any atom is 0.140 e. The molecule has 2 aromatic carbocycles. The Morgan fingerprint density at radius 2 is 1.63 bits per heavy atom. The second-order valence-corrected chi connectivity index (χ2v) is 11.0. The lowest BCUT2D eigenvalue weighted by molar-refractivity contribution is 0.234. The first kappa shape index (κ1) is 22.4. The van der Waals surface area contributed by atoms with Crippen molar-refractivity contribution in [1.82, 2.24) is 0 Å². The van der Waals surface area contributed by atoms with E-state index in [1.165, 1.54) is 16.7 Å². The number of rotatable bonds is 4. The third-order valence-corrected chi connectivity index (χ3v) is 6.59. The van der Waals surface area contributed by atoms with E-state index < -0.39 is 6.10 Å². The van der Waals surface area contributed by atoms with Gasteiger partial charge in [-0.2, -0.15) is 0 Å². The van der Waals surface area contributed by atoms with Gasteiger partial charge in [0.1, 0.15) is 18.5 Å². The van der Waals surface area contributed by atoms with E-state index in [1.807, 2.05) is 6.07 Å². The van der Waals surface area contributed by atoms with Gasteiger partial charge in [-0.25, -0.2) is 0 Å². The number of hydrogen-bond donors (Lipinski definition) is 1. The van der Waals surface area contributed by atoms with E-state index in [0.717, 1.165) is 29.7 Å². The van der Waals surface area contributed by atoms with Crippen molar-refractivity contribution in [2.75, 3.05) is 0 Å². The van der Waals surface area contributed by atoms with Gasteiger partial charge in [-0.3, -0.25) is 0 Å². The van der Waals surface area contributed by atoms with E-state index in [4.69, 9.17) is 11.2 Å². The van der Waals surface area contributed by atoms with Crippen LogP contribution in [-0.4, -0.2) is 5.11 Å². The molecule has 3 rings (SSSR count). The van der Waals surface area contributed by atoms with Gasteiger partial charge >= 0.3 is 0 Å². The Morgan fingerprint density at radius 3 is 2.20 bits per heavy atom. The van der Waals surface area contributed by atoms with Gasteiger partial charge in [0.05, 0.1) is 0 Å². The highest BCUT2D eigenvalue weighted by molar-refractivity contribution is 5.53. The molecule has 1 N–H and O–H groups in total. The zero-order valence-corrected chi connectivity index (χ0v) is 19.6. The van der Waals surface area contributed by atoms with E-state index >= 15 is 0 Å². The highest BCUT2D eigenvalue weighted by atomic mass is 16.5. The zero-order chi connectivity index (χ0) is 22.3.